The van der Waals surface area contributed by atoms with Gasteiger partial charge in [-0.3, -0.25) is 9.47 Å². The Morgan fingerprint density at radius 1 is 1.06 bits per heavy atom. The molecule has 1 atom stereocenters. The number of pyridine rings is 1. The second-order valence-electron chi connectivity index (χ2n) is 8.38. The summed E-state index contributed by atoms with van der Waals surface area (Å²) in [4.78, 5) is 11.6. The molecule has 33 heavy (non-hydrogen) atoms. The summed E-state index contributed by atoms with van der Waals surface area (Å²) in [6.07, 6.45) is 5.49. The van der Waals surface area contributed by atoms with Gasteiger partial charge in [0, 0.05) is 56.2 Å². The van der Waals surface area contributed by atoms with Crippen molar-refractivity contribution in [1.82, 2.24) is 19.4 Å². The Morgan fingerprint density at radius 2 is 1.85 bits per heavy atom. The summed E-state index contributed by atoms with van der Waals surface area (Å²) in [5.41, 5.74) is 2.59. The fraction of sp³-hybridized carbons (Fsp3) is 0.462. The van der Waals surface area contributed by atoms with Gasteiger partial charge in [-0.05, 0) is 44.5 Å². The molecule has 1 aliphatic rings. The molecule has 3 heterocycles. The Balaban J connectivity index is 0.00000133. The number of hydrogen-bond acceptors (Lipinski definition) is 4. The molecule has 0 radical (unpaired) electrons. The summed E-state index contributed by atoms with van der Waals surface area (Å²) in [5.74, 6) is 1.08. The first kappa shape index (κ1) is 24.8. The number of nitrogens with one attached hydrogen (secondary N) is 1. The molecular weight excluding hydrogens is 420 g/mol. The zero-order valence-electron chi connectivity index (χ0n) is 20.3. The van der Waals surface area contributed by atoms with Crippen LogP contribution in [0.15, 0.2) is 42.7 Å². The molecule has 180 valence electrons. The Labute approximate surface area is 197 Å². The van der Waals surface area contributed by atoms with E-state index in [0.29, 0.717) is 12.1 Å². The monoisotopic (exact) mass is 457 g/mol. The number of hydrogen-bond donors (Lipinski definition) is 1. The number of anilines is 1. The Bertz CT molecular complexity index is 1050. The molecule has 2 aromatic heterocycles. The van der Waals surface area contributed by atoms with E-state index in [1.165, 1.54) is 6.07 Å². The second kappa shape index (κ2) is 11.4. The third-order valence-corrected chi connectivity index (χ3v) is 5.93. The summed E-state index contributed by atoms with van der Waals surface area (Å²) < 4.78 is 30.0. The highest BCUT2D eigenvalue weighted by Crippen LogP contribution is 2.28. The predicted molar refractivity (Wildman–Crippen MR) is 132 cm³/mol. The average Bonchev–Trinajstić information content (AvgIpc) is 3.22. The smallest absolute Gasteiger partial charge is 0.161 e. The molecule has 1 aromatic carbocycles. The second-order valence-corrected chi connectivity index (χ2v) is 8.38. The van der Waals surface area contributed by atoms with Crippen LogP contribution in [-0.2, 0) is 6.42 Å². The van der Waals surface area contributed by atoms with Gasteiger partial charge >= 0.3 is 0 Å². The molecule has 0 saturated heterocycles. The number of aryl methyl sites for hydroxylation is 1. The predicted octanol–water partition coefficient (Wildman–Crippen LogP) is 6.36. The summed E-state index contributed by atoms with van der Waals surface area (Å²) in [5, 5.41) is 3.51. The van der Waals surface area contributed by atoms with E-state index < -0.39 is 11.6 Å². The number of imidazole rings is 1. The minimum atomic E-state index is -0.550. The summed E-state index contributed by atoms with van der Waals surface area (Å²) >= 11 is 0. The molecule has 1 N–H and O–H groups in total. The maximum absolute atomic E-state index is 14.4. The third-order valence-electron chi connectivity index (χ3n) is 5.93. The van der Waals surface area contributed by atoms with Crippen molar-refractivity contribution < 1.29 is 10.2 Å². The first-order valence-electron chi connectivity index (χ1n) is 11.9. The van der Waals surface area contributed by atoms with Crippen LogP contribution in [0.25, 0.3) is 5.82 Å². The van der Waals surface area contributed by atoms with Crippen LogP contribution < -0.4 is 5.32 Å². The maximum atomic E-state index is 14.4. The molecule has 0 spiro atoms. The van der Waals surface area contributed by atoms with E-state index in [2.05, 4.69) is 38.6 Å². The topological polar surface area (TPSA) is 46.0 Å². The van der Waals surface area contributed by atoms with Gasteiger partial charge in [0.25, 0.3) is 0 Å². The van der Waals surface area contributed by atoms with Gasteiger partial charge in [0.2, 0.25) is 0 Å². The Kier molecular flexibility index (Phi) is 8.55. The van der Waals surface area contributed by atoms with Crippen molar-refractivity contribution in [1.29, 1.82) is 0 Å². The SMILES string of the molecule is CC.CC(C)c1ncc2n1-c1ncccc1NCCN([C@@H](C)c1ccc(F)cc1F)CCC2.[HH]. The number of rotatable bonds is 3. The van der Waals surface area contributed by atoms with Gasteiger partial charge in [0.1, 0.15) is 17.5 Å². The van der Waals surface area contributed by atoms with E-state index in [-0.39, 0.29) is 13.4 Å². The van der Waals surface area contributed by atoms with Crippen molar-refractivity contribution in [2.24, 2.45) is 0 Å². The Morgan fingerprint density at radius 3 is 2.58 bits per heavy atom. The van der Waals surface area contributed by atoms with Crippen molar-refractivity contribution in [3.8, 4) is 5.82 Å². The number of nitrogens with zero attached hydrogens (tertiary/aromatic N) is 4. The summed E-state index contributed by atoms with van der Waals surface area (Å²) in [6, 6.07) is 7.63. The molecule has 0 amide bonds. The highest BCUT2D eigenvalue weighted by Gasteiger charge is 2.22. The van der Waals surface area contributed by atoms with Crippen molar-refractivity contribution in [2.75, 3.05) is 25.0 Å². The first-order valence-corrected chi connectivity index (χ1v) is 11.9. The quantitative estimate of drug-likeness (QED) is 0.497. The van der Waals surface area contributed by atoms with Gasteiger partial charge in [-0.2, -0.15) is 0 Å². The van der Waals surface area contributed by atoms with Crippen LogP contribution in [0.2, 0.25) is 0 Å². The van der Waals surface area contributed by atoms with Crippen LogP contribution in [0.4, 0.5) is 14.5 Å². The van der Waals surface area contributed by atoms with E-state index in [4.69, 9.17) is 0 Å². The standard InChI is InChI=1S/C24H29F2N5.C2H6.H2/c1-16(2)23-29-15-19-6-5-12-30(17(3)20-9-8-18(25)14-21(20)26)13-11-27-22-7-4-10-28-24(22)31(19)23;1-2;/h4,7-10,14-17,27H,5-6,11-13H2,1-3H3;1-2H3;1H/t17-;;/m0../s1. The van der Waals surface area contributed by atoms with Crippen molar-refractivity contribution >= 4 is 5.69 Å². The minimum Gasteiger partial charge on any atom is -0.381 e. The molecule has 0 unspecified atom stereocenters. The van der Waals surface area contributed by atoms with Crippen LogP contribution in [0.3, 0.4) is 0 Å². The lowest BCUT2D eigenvalue weighted by Crippen LogP contribution is -2.33. The van der Waals surface area contributed by atoms with Crippen LogP contribution in [0.5, 0.6) is 0 Å². The lowest BCUT2D eigenvalue weighted by atomic mass is 10.1. The van der Waals surface area contributed by atoms with Crippen molar-refractivity contribution in [2.45, 2.75) is 59.4 Å². The van der Waals surface area contributed by atoms with Gasteiger partial charge in [0.15, 0.2) is 5.82 Å². The number of aromatic nitrogens is 3. The summed E-state index contributed by atoms with van der Waals surface area (Å²) in [7, 11) is 0. The van der Waals surface area contributed by atoms with Gasteiger partial charge in [-0.15, -0.1) is 0 Å². The average molecular weight is 458 g/mol. The van der Waals surface area contributed by atoms with Crippen LogP contribution in [0.1, 0.15) is 71.5 Å². The molecule has 0 bridgehead atoms. The van der Waals surface area contributed by atoms with Crippen molar-refractivity contribution in [3.05, 3.63) is 71.4 Å². The fourth-order valence-corrected chi connectivity index (χ4v) is 4.28. The largest absolute Gasteiger partial charge is 0.381 e. The molecule has 3 aromatic rings. The molecule has 0 saturated carbocycles. The zero-order valence-corrected chi connectivity index (χ0v) is 20.3. The van der Waals surface area contributed by atoms with Gasteiger partial charge in [0.05, 0.1) is 5.69 Å². The highest BCUT2D eigenvalue weighted by atomic mass is 19.1. The summed E-state index contributed by atoms with van der Waals surface area (Å²) in [6.45, 7) is 12.5. The molecule has 4 rings (SSSR count). The first-order chi connectivity index (χ1) is 16.0. The fourth-order valence-electron chi connectivity index (χ4n) is 4.28. The number of halogens is 2. The van der Waals surface area contributed by atoms with E-state index in [1.54, 1.807) is 12.3 Å². The van der Waals surface area contributed by atoms with Crippen molar-refractivity contribution in [3.63, 3.8) is 0 Å². The molecule has 1 aliphatic heterocycles. The minimum absolute atomic E-state index is 0. The van der Waals surface area contributed by atoms with Gasteiger partial charge in [-0.25, -0.2) is 18.7 Å². The van der Waals surface area contributed by atoms with E-state index >= 15 is 0 Å². The Hall–Kier alpha value is -2.80. The highest BCUT2D eigenvalue weighted by molar-refractivity contribution is 5.58. The maximum Gasteiger partial charge on any atom is 0.161 e. The third kappa shape index (κ3) is 5.58. The van der Waals surface area contributed by atoms with Gasteiger partial charge < -0.3 is 5.32 Å². The van der Waals surface area contributed by atoms with E-state index in [9.17, 15) is 8.78 Å². The van der Waals surface area contributed by atoms with E-state index in [1.807, 2.05) is 39.1 Å². The molecule has 7 heteroatoms. The molecule has 0 fully saturated rings. The van der Waals surface area contributed by atoms with Crippen LogP contribution >= 0.6 is 0 Å². The van der Waals surface area contributed by atoms with Gasteiger partial charge in [-0.1, -0.05) is 33.8 Å². The van der Waals surface area contributed by atoms with E-state index in [0.717, 1.165) is 55.0 Å². The molecular formula is C26H37F2N5. The number of benzene rings is 1. The van der Waals surface area contributed by atoms with Crippen LogP contribution in [-0.4, -0.2) is 39.1 Å². The normalized spacial score (nSPS) is 15.4. The lowest BCUT2D eigenvalue weighted by molar-refractivity contribution is 0.212. The van der Waals surface area contributed by atoms with Crippen LogP contribution in [0, 0.1) is 11.6 Å². The molecule has 5 nitrogen and oxygen atoms in total. The zero-order chi connectivity index (χ0) is 24.0. The lowest BCUT2D eigenvalue weighted by Gasteiger charge is -2.30. The molecule has 0 aliphatic carbocycles. The number of fused-ring (bicyclic) bond motifs is 3.